The van der Waals surface area contributed by atoms with Gasteiger partial charge in [0.15, 0.2) is 5.65 Å². The zero-order chi connectivity index (χ0) is 17.4. The van der Waals surface area contributed by atoms with E-state index < -0.39 is 0 Å². The lowest BCUT2D eigenvalue weighted by atomic mass is 10.1. The van der Waals surface area contributed by atoms with E-state index in [1.54, 1.807) is 11.7 Å². The van der Waals surface area contributed by atoms with Crippen molar-refractivity contribution in [3.05, 3.63) is 57.8 Å². The fourth-order valence-electron chi connectivity index (χ4n) is 3.65. The Hall–Kier alpha value is -2.91. The number of H-pyrrole nitrogens is 1. The highest BCUT2D eigenvalue weighted by molar-refractivity contribution is 5.72. The van der Waals surface area contributed by atoms with Crippen LogP contribution >= 0.6 is 0 Å². The van der Waals surface area contributed by atoms with Gasteiger partial charge in [0.25, 0.3) is 5.56 Å². The summed E-state index contributed by atoms with van der Waals surface area (Å²) in [5, 5.41) is 4.61. The number of terminal acetylenes is 1. The summed E-state index contributed by atoms with van der Waals surface area (Å²) >= 11 is 0. The summed E-state index contributed by atoms with van der Waals surface area (Å²) in [5.74, 6) is 3.35. The van der Waals surface area contributed by atoms with Crippen molar-refractivity contribution >= 4 is 11.0 Å². The number of rotatable bonds is 4. The van der Waals surface area contributed by atoms with Crippen LogP contribution in [0.2, 0.25) is 0 Å². The molecule has 4 rings (SSSR count). The molecule has 0 fully saturated rings. The van der Waals surface area contributed by atoms with Gasteiger partial charge in [0.2, 0.25) is 0 Å². The zero-order valence-electron chi connectivity index (χ0n) is 14.1. The highest BCUT2D eigenvalue weighted by atomic mass is 16.1. The molecule has 126 valence electrons. The molecule has 0 amide bonds. The van der Waals surface area contributed by atoms with Crippen molar-refractivity contribution in [1.29, 1.82) is 0 Å². The Bertz CT molecular complexity index is 1030. The molecule has 6 nitrogen and oxygen atoms in total. The molecule has 0 saturated heterocycles. The summed E-state index contributed by atoms with van der Waals surface area (Å²) in [6.07, 6.45) is 9.21. The number of benzene rings is 1. The normalized spacial score (nSPS) is 16.3. The Balaban J connectivity index is 1.68. The Morgan fingerprint density at radius 2 is 2.28 bits per heavy atom. The molecule has 1 unspecified atom stereocenters. The minimum Gasteiger partial charge on any atom is -0.309 e. The number of fused-ring (bicyclic) bond motifs is 2. The van der Waals surface area contributed by atoms with Crippen molar-refractivity contribution in [2.75, 3.05) is 6.54 Å². The fourth-order valence-corrected chi connectivity index (χ4v) is 3.65. The summed E-state index contributed by atoms with van der Waals surface area (Å²) < 4.78 is 1.62. The highest BCUT2D eigenvalue weighted by Gasteiger charge is 2.27. The lowest BCUT2D eigenvalue weighted by Crippen LogP contribution is -2.29. The lowest BCUT2D eigenvalue weighted by molar-refractivity contribution is 0.208. The third-order valence-corrected chi connectivity index (χ3v) is 4.84. The number of aromatic nitrogens is 4. The van der Waals surface area contributed by atoms with Crippen molar-refractivity contribution in [2.45, 2.75) is 25.4 Å². The molecule has 1 atom stereocenters. The molecule has 3 aromatic rings. The highest BCUT2D eigenvalue weighted by Crippen LogP contribution is 2.35. The predicted octanol–water partition coefficient (Wildman–Crippen LogP) is 1.78. The summed E-state index contributed by atoms with van der Waals surface area (Å²) in [6, 6.07) is 8.72. The quantitative estimate of drug-likeness (QED) is 0.739. The van der Waals surface area contributed by atoms with Gasteiger partial charge in [-0.05, 0) is 24.0 Å². The Morgan fingerprint density at radius 1 is 1.44 bits per heavy atom. The summed E-state index contributed by atoms with van der Waals surface area (Å²) in [4.78, 5) is 21.9. The van der Waals surface area contributed by atoms with Gasteiger partial charge in [-0.25, -0.2) is 4.98 Å². The van der Waals surface area contributed by atoms with Crippen molar-refractivity contribution < 1.29 is 0 Å². The Kier molecular flexibility index (Phi) is 3.86. The van der Waals surface area contributed by atoms with Crippen molar-refractivity contribution in [3.8, 4) is 12.3 Å². The van der Waals surface area contributed by atoms with E-state index in [2.05, 4.69) is 50.2 Å². The van der Waals surface area contributed by atoms with Gasteiger partial charge >= 0.3 is 0 Å². The van der Waals surface area contributed by atoms with Crippen LogP contribution in [0.25, 0.3) is 11.0 Å². The van der Waals surface area contributed by atoms with Gasteiger partial charge in [-0.2, -0.15) is 5.10 Å². The maximum Gasteiger partial charge on any atom is 0.262 e. The van der Waals surface area contributed by atoms with E-state index in [9.17, 15) is 4.79 Å². The van der Waals surface area contributed by atoms with Gasteiger partial charge < -0.3 is 4.98 Å². The molecular formula is C19H19N5O. The second kappa shape index (κ2) is 6.19. The molecule has 0 saturated carbocycles. The number of nitrogens with one attached hydrogen (secondary N) is 1. The first kappa shape index (κ1) is 15.6. The SMILES string of the molecule is C#CCN(Cc1nc2c(cnn2C)c(=O)[nH]1)C1CCc2ccccc21. The largest absolute Gasteiger partial charge is 0.309 e. The van der Waals surface area contributed by atoms with Crippen LogP contribution in [-0.4, -0.2) is 31.2 Å². The molecule has 6 heteroatoms. The van der Waals surface area contributed by atoms with Crippen LogP contribution in [0.1, 0.15) is 29.4 Å². The van der Waals surface area contributed by atoms with Gasteiger partial charge in [0, 0.05) is 13.1 Å². The molecule has 0 radical (unpaired) electrons. The first-order chi connectivity index (χ1) is 12.2. The predicted molar refractivity (Wildman–Crippen MR) is 95.9 cm³/mol. The average Bonchev–Trinajstić information content (AvgIpc) is 3.19. The molecule has 0 spiro atoms. The molecule has 2 aromatic heterocycles. The van der Waals surface area contributed by atoms with E-state index in [1.807, 2.05) is 0 Å². The third-order valence-electron chi connectivity index (χ3n) is 4.84. The van der Waals surface area contributed by atoms with Gasteiger partial charge in [0.1, 0.15) is 11.2 Å². The van der Waals surface area contributed by atoms with Gasteiger partial charge in [-0.3, -0.25) is 14.4 Å². The maximum atomic E-state index is 12.3. The molecular weight excluding hydrogens is 314 g/mol. The summed E-state index contributed by atoms with van der Waals surface area (Å²) in [5.41, 5.74) is 3.12. The van der Waals surface area contributed by atoms with E-state index >= 15 is 0 Å². The smallest absolute Gasteiger partial charge is 0.262 e. The first-order valence-corrected chi connectivity index (χ1v) is 8.33. The van der Waals surface area contributed by atoms with E-state index in [-0.39, 0.29) is 11.6 Å². The van der Waals surface area contributed by atoms with E-state index in [0.29, 0.717) is 29.9 Å². The topological polar surface area (TPSA) is 66.8 Å². The van der Waals surface area contributed by atoms with Crippen LogP contribution in [0.15, 0.2) is 35.3 Å². The van der Waals surface area contributed by atoms with Crippen molar-refractivity contribution in [2.24, 2.45) is 7.05 Å². The van der Waals surface area contributed by atoms with Crippen LogP contribution in [0.4, 0.5) is 0 Å². The molecule has 1 aliphatic rings. The number of hydrogen-bond acceptors (Lipinski definition) is 4. The van der Waals surface area contributed by atoms with Crippen LogP contribution in [-0.2, 0) is 20.0 Å². The summed E-state index contributed by atoms with van der Waals surface area (Å²) in [7, 11) is 1.78. The third kappa shape index (κ3) is 2.73. The molecule has 25 heavy (non-hydrogen) atoms. The second-order valence-electron chi connectivity index (χ2n) is 6.38. The molecule has 1 aromatic carbocycles. The zero-order valence-corrected chi connectivity index (χ0v) is 14.1. The minimum atomic E-state index is -0.166. The van der Waals surface area contributed by atoms with E-state index in [4.69, 9.17) is 6.42 Å². The summed E-state index contributed by atoms with van der Waals surface area (Å²) in [6.45, 7) is 1.01. The molecule has 2 heterocycles. The number of aromatic amines is 1. The molecule has 0 bridgehead atoms. The fraction of sp³-hybridized carbons (Fsp3) is 0.316. The monoisotopic (exact) mass is 333 g/mol. The van der Waals surface area contributed by atoms with E-state index in [0.717, 1.165) is 12.8 Å². The number of nitrogens with zero attached hydrogens (tertiary/aromatic N) is 4. The average molecular weight is 333 g/mol. The molecule has 0 aliphatic heterocycles. The van der Waals surface area contributed by atoms with Gasteiger partial charge in [-0.15, -0.1) is 6.42 Å². The molecule has 1 aliphatic carbocycles. The van der Waals surface area contributed by atoms with Crippen LogP contribution in [0, 0.1) is 12.3 Å². The van der Waals surface area contributed by atoms with Crippen LogP contribution in [0.5, 0.6) is 0 Å². The maximum absolute atomic E-state index is 12.3. The van der Waals surface area contributed by atoms with Crippen LogP contribution < -0.4 is 5.56 Å². The Morgan fingerprint density at radius 3 is 3.12 bits per heavy atom. The second-order valence-corrected chi connectivity index (χ2v) is 6.38. The Labute approximate surface area is 145 Å². The standard InChI is InChI=1S/C19H19N5O/c1-3-10-24(16-9-8-13-6-4-5-7-14(13)16)12-17-21-18-15(19(25)22-17)11-20-23(18)2/h1,4-7,11,16H,8-10,12H2,2H3,(H,21,22,25). The first-order valence-electron chi connectivity index (χ1n) is 8.33. The van der Waals surface area contributed by atoms with Crippen molar-refractivity contribution in [3.63, 3.8) is 0 Å². The lowest BCUT2D eigenvalue weighted by Gasteiger charge is -2.27. The van der Waals surface area contributed by atoms with Gasteiger partial charge in [-0.1, -0.05) is 30.2 Å². The molecule has 1 N–H and O–H groups in total. The van der Waals surface area contributed by atoms with Crippen molar-refractivity contribution in [1.82, 2.24) is 24.6 Å². The van der Waals surface area contributed by atoms with Crippen LogP contribution in [0.3, 0.4) is 0 Å². The van der Waals surface area contributed by atoms with E-state index in [1.165, 1.54) is 17.3 Å². The van der Waals surface area contributed by atoms with Gasteiger partial charge in [0.05, 0.1) is 19.3 Å². The number of aryl methyl sites for hydroxylation is 2. The number of hydrogen-bond donors (Lipinski definition) is 1. The minimum absolute atomic E-state index is 0.166.